The number of likely N-dealkylation sites (tertiary alicyclic amines) is 1. The van der Waals surface area contributed by atoms with Gasteiger partial charge in [-0.2, -0.15) is 0 Å². The van der Waals surface area contributed by atoms with Gasteiger partial charge in [-0.25, -0.2) is 0 Å². The SMILES string of the molecule is CC(=O)c1c(C)[nH]c(C(=O)N2CCC[C@@H](CCC(=O)O)C2)c1C. The highest BCUT2D eigenvalue weighted by molar-refractivity contribution is 6.02. The van der Waals surface area contributed by atoms with Crippen molar-refractivity contribution in [2.45, 2.75) is 46.5 Å². The zero-order valence-corrected chi connectivity index (χ0v) is 13.9. The standard InChI is InChI=1S/C17H24N2O4/c1-10-15(12(3)20)11(2)18-16(10)17(23)19-8-4-5-13(9-19)6-7-14(21)22/h13,18H,4-9H2,1-3H3,(H,21,22)/t13-/m0/s1. The van der Waals surface area contributed by atoms with Crippen molar-refractivity contribution in [1.82, 2.24) is 9.88 Å². The average molecular weight is 320 g/mol. The number of ketones is 1. The van der Waals surface area contributed by atoms with Gasteiger partial charge in [0.1, 0.15) is 5.69 Å². The molecule has 1 fully saturated rings. The van der Waals surface area contributed by atoms with Crippen molar-refractivity contribution in [3.63, 3.8) is 0 Å². The molecule has 1 amide bonds. The van der Waals surface area contributed by atoms with Gasteiger partial charge in [-0.1, -0.05) is 0 Å². The smallest absolute Gasteiger partial charge is 0.303 e. The number of H-pyrrole nitrogens is 1. The van der Waals surface area contributed by atoms with E-state index in [0.29, 0.717) is 36.3 Å². The van der Waals surface area contributed by atoms with Crippen LogP contribution in [0.3, 0.4) is 0 Å². The molecule has 2 N–H and O–H groups in total. The highest BCUT2D eigenvalue weighted by atomic mass is 16.4. The van der Waals surface area contributed by atoms with Crippen molar-refractivity contribution in [1.29, 1.82) is 0 Å². The Bertz CT molecular complexity index is 633. The van der Waals surface area contributed by atoms with Gasteiger partial charge in [0.05, 0.1) is 0 Å². The summed E-state index contributed by atoms with van der Waals surface area (Å²) in [6, 6.07) is 0. The Balaban J connectivity index is 2.12. The number of aromatic amines is 1. The number of carbonyl (C=O) groups is 3. The number of carboxylic acid groups (broad SMARTS) is 1. The molecule has 23 heavy (non-hydrogen) atoms. The van der Waals surface area contributed by atoms with Gasteiger partial charge < -0.3 is 15.0 Å². The highest BCUT2D eigenvalue weighted by Crippen LogP contribution is 2.25. The summed E-state index contributed by atoms with van der Waals surface area (Å²) in [6.07, 6.45) is 2.58. The number of piperidine rings is 1. The minimum absolute atomic E-state index is 0.0479. The second kappa shape index (κ2) is 6.98. The van der Waals surface area contributed by atoms with Crippen LogP contribution < -0.4 is 0 Å². The van der Waals surface area contributed by atoms with Crippen LogP contribution in [0.15, 0.2) is 0 Å². The summed E-state index contributed by atoms with van der Waals surface area (Å²) in [6.45, 7) is 6.35. The molecule has 126 valence electrons. The summed E-state index contributed by atoms with van der Waals surface area (Å²) in [7, 11) is 0. The first-order valence-corrected chi connectivity index (χ1v) is 8.02. The summed E-state index contributed by atoms with van der Waals surface area (Å²) in [5.41, 5.74) is 2.49. The minimum Gasteiger partial charge on any atom is -0.481 e. The maximum Gasteiger partial charge on any atom is 0.303 e. The van der Waals surface area contributed by atoms with E-state index in [0.717, 1.165) is 18.5 Å². The molecule has 1 aromatic heterocycles. The molecular weight excluding hydrogens is 296 g/mol. The van der Waals surface area contributed by atoms with Gasteiger partial charge in [-0.05, 0) is 51.5 Å². The van der Waals surface area contributed by atoms with Crippen molar-refractivity contribution in [3.8, 4) is 0 Å². The first-order valence-electron chi connectivity index (χ1n) is 8.02. The van der Waals surface area contributed by atoms with Gasteiger partial charge in [0.25, 0.3) is 5.91 Å². The van der Waals surface area contributed by atoms with Crippen LogP contribution in [0, 0.1) is 19.8 Å². The van der Waals surface area contributed by atoms with E-state index >= 15 is 0 Å². The van der Waals surface area contributed by atoms with Gasteiger partial charge in [0.15, 0.2) is 5.78 Å². The van der Waals surface area contributed by atoms with Gasteiger partial charge in [-0.15, -0.1) is 0 Å². The molecular formula is C17H24N2O4. The molecule has 6 nitrogen and oxygen atoms in total. The topological polar surface area (TPSA) is 90.5 Å². The van der Waals surface area contributed by atoms with Crippen LogP contribution in [0.5, 0.6) is 0 Å². The fraction of sp³-hybridized carbons (Fsp3) is 0.588. The highest BCUT2D eigenvalue weighted by Gasteiger charge is 2.28. The number of Topliss-reactive ketones (excluding diaryl/α,β-unsaturated/α-hetero) is 1. The van der Waals surface area contributed by atoms with Gasteiger partial charge in [-0.3, -0.25) is 14.4 Å². The largest absolute Gasteiger partial charge is 0.481 e. The van der Waals surface area contributed by atoms with Crippen LogP contribution >= 0.6 is 0 Å². The summed E-state index contributed by atoms with van der Waals surface area (Å²) < 4.78 is 0. The Morgan fingerprint density at radius 1 is 1.30 bits per heavy atom. The third-order valence-corrected chi connectivity index (χ3v) is 4.58. The zero-order valence-electron chi connectivity index (χ0n) is 13.9. The minimum atomic E-state index is -0.796. The molecule has 6 heteroatoms. The lowest BCUT2D eigenvalue weighted by Crippen LogP contribution is -2.40. The van der Waals surface area contributed by atoms with Crippen molar-refractivity contribution >= 4 is 17.7 Å². The predicted molar refractivity (Wildman–Crippen MR) is 85.8 cm³/mol. The fourth-order valence-corrected chi connectivity index (χ4v) is 3.46. The number of rotatable bonds is 5. The lowest BCUT2D eigenvalue weighted by Gasteiger charge is -2.32. The predicted octanol–water partition coefficient (Wildman–Crippen LogP) is 2.55. The molecule has 0 spiro atoms. The Labute approximate surface area is 135 Å². The molecule has 0 unspecified atom stereocenters. The summed E-state index contributed by atoms with van der Waals surface area (Å²) in [5, 5.41) is 8.80. The molecule has 0 radical (unpaired) electrons. The van der Waals surface area contributed by atoms with E-state index < -0.39 is 5.97 Å². The Kier molecular flexibility index (Phi) is 5.23. The van der Waals surface area contributed by atoms with Crippen LogP contribution in [0.25, 0.3) is 0 Å². The van der Waals surface area contributed by atoms with E-state index in [1.807, 2.05) is 0 Å². The van der Waals surface area contributed by atoms with Crippen molar-refractivity contribution in [2.75, 3.05) is 13.1 Å². The summed E-state index contributed by atoms with van der Waals surface area (Å²) in [5.74, 6) is -0.714. The molecule has 1 atom stereocenters. The maximum absolute atomic E-state index is 12.8. The number of nitrogens with one attached hydrogen (secondary N) is 1. The molecule has 0 aromatic carbocycles. The van der Waals surface area contributed by atoms with E-state index in [4.69, 9.17) is 5.11 Å². The van der Waals surface area contributed by atoms with Crippen molar-refractivity contribution in [2.24, 2.45) is 5.92 Å². The van der Waals surface area contributed by atoms with Gasteiger partial charge in [0, 0.05) is 30.8 Å². The van der Waals surface area contributed by atoms with E-state index in [9.17, 15) is 14.4 Å². The molecule has 1 saturated heterocycles. The Morgan fingerprint density at radius 2 is 2.00 bits per heavy atom. The van der Waals surface area contributed by atoms with Crippen LogP contribution in [-0.4, -0.2) is 45.7 Å². The number of amides is 1. The molecule has 1 aliphatic heterocycles. The van der Waals surface area contributed by atoms with E-state index in [1.54, 1.807) is 18.7 Å². The van der Waals surface area contributed by atoms with Crippen LogP contribution in [0.4, 0.5) is 0 Å². The van der Waals surface area contributed by atoms with Crippen molar-refractivity contribution < 1.29 is 19.5 Å². The average Bonchev–Trinajstić information content (AvgIpc) is 2.79. The van der Waals surface area contributed by atoms with Crippen LogP contribution in [0.1, 0.15) is 64.7 Å². The maximum atomic E-state index is 12.8. The normalized spacial score (nSPS) is 18.0. The summed E-state index contributed by atoms with van der Waals surface area (Å²) >= 11 is 0. The number of hydrogen-bond acceptors (Lipinski definition) is 3. The lowest BCUT2D eigenvalue weighted by molar-refractivity contribution is -0.137. The molecule has 2 rings (SSSR count). The second-order valence-electron chi connectivity index (χ2n) is 6.37. The number of carbonyl (C=O) groups excluding carboxylic acids is 2. The number of aliphatic carboxylic acids is 1. The first kappa shape index (κ1) is 17.2. The monoisotopic (exact) mass is 320 g/mol. The Hall–Kier alpha value is -2.11. The van der Waals surface area contributed by atoms with E-state index in [-0.39, 0.29) is 24.0 Å². The first-order chi connectivity index (χ1) is 10.8. The molecule has 0 aliphatic carbocycles. The zero-order chi connectivity index (χ0) is 17.1. The summed E-state index contributed by atoms with van der Waals surface area (Å²) in [4.78, 5) is 40.0. The third-order valence-electron chi connectivity index (χ3n) is 4.58. The second-order valence-corrected chi connectivity index (χ2v) is 6.37. The number of aryl methyl sites for hydroxylation is 1. The third kappa shape index (κ3) is 3.81. The van der Waals surface area contributed by atoms with Crippen molar-refractivity contribution in [3.05, 3.63) is 22.5 Å². The lowest BCUT2D eigenvalue weighted by atomic mass is 9.93. The Morgan fingerprint density at radius 3 is 2.57 bits per heavy atom. The molecule has 1 aliphatic rings. The molecule has 0 bridgehead atoms. The van der Waals surface area contributed by atoms with E-state index in [1.165, 1.54) is 6.92 Å². The van der Waals surface area contributed by atoms with Crippen LogP contribution in [0.2, 0.25) is 0 Å². The number of carboxylic acids is 1. The van der Waals surface area contributed by atoms with Crippen LogP contribution in [-0.2, 0) is 4.79 Å². The molecule has 0 saturated carbocycles. The number of hydrogen-bond donors (Lipinski definition) is 2. The number of aromatic nitrogens is 1. The van der Waals surface area contributed by atoms with E-state index in [2.05, 4.69) is 4.98 Å². The molecule has 1 aromatic rings. The fourth-order valence-electron chi connectivity index (χ4n) is 3.46. The number of nitrogens with zero attached hydrogens (tertiary/aromatic N) is 1. The van der Waals surface area contributed by atoms with Gasteiger partial charge in [0.2, 0.25) is 0 Å². The molecule has 2 heterocycles. The van der Waals surface area contributed by atoms with Gasteiger partial charge >= 0.3 is 5.97 Å². The quantitative estimate of drug-likeness (QED) is 0.816.